The zero-order valence-corrected chi connectivity index (χ0v) is 14.9. The van der Waals surface area contributed by atoms with Crippen molar-refractivity contribution >= 4 is 11.6 Å². The maximum absolute atomic E-state index is 6.32. The van der Waals surface area contributed by atoms with Crippen molar-refractivity contribution in [3.8, 4) is 5.75 Å². The molecule has 0 radical (unpaired) electrons. The van der Waals surface area contributed by atoms with Gasteiger partial charge in [-0.25, -0.2) is 0 Å². The van der Waals surface area contributed by atoms with E-state index in [1.165, 1.54) is 31.2 Å². The van der Waals surface area contributed by atoms with E-state index < -0.39 is 0 Å². The van der Waals surface area contributed by atoms with Crippen LogP contribution >= 0.6 is 11.6 Å². The van der Waals surface area contributed by atoms with Crippen LogP contribution in [-0.4, -0.2) is 12.2 Å². The summed E-state index contributed by atoms with van der Waals surface area (Å²) < 4.78 is 12.5. The van der Waals surface area contributed by atoms with E-state index in [9.17, 15) is 0 Å². The lowest BCUT2D eigenvalue weighted by atomic mass is 9.96. The van der Waals surface area contributed by atoms with Crippen LogP contribution < -0.4 is 4.74 Å². The van der Waals surface area contributed by atoms with E-state index in [0.29, 0.717) is 17.5 Å². The third-order valence-corrected chi connectivity index (χ3v) is 4.99. The van der Waals surface area contributed by atoms with Gasteiger partial charge < -0.3 is 9.47 Å². The number of hydrogen-bond acceptors (Lipinski definition) is 2. The van der Waals surface area contributed by atoms with Crippen LogP contribution in [0.4, 0.5) is 0 Å². The van der Waals surface area contributed by atoms with Crippen LogP contribution in [-0.2, 0) is 11.3 Å². The van der Waals surface area contributed by atoms with E-state index in [1.807, 2.05) is 42.5 Å². The van der Waals surface area contributed by atoms with Crippen molar-refractivity contribution in [2.24, 2.45) is 5.92 Å². The standard InChI is InChI=1S/C21H25ClO2/c1-16(23-15-17-8-3-2-4-9-17)21(18-10-5-6-11-18)24-20-13-7-12-19(22)14-20/h2-4,7-9,12-14,16,18,21H,5-6,10-11,15H2,1H3/t16-,21?/m0/s1. The fraction of sp³-hybridized carbons (Fsp3) is 0.429. The Labute approximate surface area is 149 Å². The predicted octanol–water partition coefficient (Wildman–Crippen LogP) is 5.88. The number of rotatable bonds is 7. The van der Waals surface area contributed by atoms with Crippen LogP contribution in [0.3, 0.4) is 0 Å². The summed E-state index contributed by atoms with van der Waals surface area (Å²) in [6.07, 6.45) is 5.09. The molecule has 128 valence electrons. The normalized spacial score (nSPS) is 17.6. The molecule has 1 unspecified atom stereocenters. The van der Waals surface area contributed by atoms with Crippen molar-refractivity contribution in [1.82, 2.24) is 0 Å². The molecule has 0 saturated heterocycles. The zero-order valence-electron chi connectivity index (χ0n) is 14.2. The van der Waals surface area contributed by atoms with Crippen molar-refractivity contribution in [3.05, 3.63) is 65.2 Å². The molecule has 0 amide bonds. The Morgan fingerprint density at radius 1 is 1.04 bits per heavy atom. The van der Waals surface area contributed by atoms with Gasteiger partial charge in [0.05, 0.1) is 12.7 Å². The molecule has 0 spiro atoms. The van der Waals surface area contributed by atoms with Crippen LogP contribution in [0.5, 0.6) is 5.75 Å². The van der Waals surface area contributed by atoms with E-state index in [-0.39, 0.29) is 12.2 Å². The molecule has 0 N–H and O–H groups in total. The Morgan fingerprint density at radius 3 is 2.50 bits per heavy atom. The number of benzene rings is 2. The summed E-state index contributed by atoms with van der Waals surface area (Å²) in [6.45, 7) is 2.74. The molecule has 2 aromatic carbocycles. The first-order valence-corrected chi connectivity index (χ1v) is 9.18. The summed E-state index contributed by atoms with van der Waals surface area (Å²) >= 11 is 6.10. The molecule has 2 atom stereocenters. The Hall–Kier alpha value is -1.51. The van der Waals surface area contributed by atoms with Gasteiger partial charge in [0.25, 0.3) is 0 Å². The molecule has 3 heteroatoms. The highest BCUT2D eigenvalue weighted by Crippen LogP contribution is 2.33. The Bertz CT molecular complexity index is 623. The fourth-order valence-corrected chi connectivity index (χ4v) is 3.64. The predicted molar refractivity (Wildman–Crippen MR) is 98.5 cm³/mol. The van der Waals surface area contributed by atoms with Crippen molar-refractivity contribution in [3.63, 3.8) is 0 Å². The molecule has 2 nitrogen and oxygen atoms in total. The van der Waals surface area contributed by atoms with Gasteiger partial charge in [-0.15, -0.1) is 0 Å². The summed E-state index contributed by atoms with van der Waals surface area (Å²) in [5.41, 5.74) is 1.19. The van der Waals surface area contributed by atoms with Gasteiger partial charge in [-0.05, 0) is 49.4 Å². The Morgan fingerprint density at radius 2 is 1.79 bits per heavy atom. The topological polar surface area (TPSA) is 18.5 Å². The van der Waals surface area contributed by atoms with Crippen LogP contribution in [0.2, 0.25) is 5.02 Å². The van der Waals surface area contributed by atoms with E-state index in [2.05, 4.69) is 19.1 Å². The van der Waals surface area contributed by atoms with Crippen molar-refractivity contribution in [1.29, 1.82) is 0 Å². The van der Waals surface area contributed by atoms with Gasteiger partial charge in [-0.1, -0.05) is 60.8 Å². The van der Waals surface area contributed by atoms with Crippen LogP contribution in [0.25, 0.3) is 0 Å². The third kappa shape index (κ3) is 4.75. The molecule has 1 saturated carbocycles. The molecule has 24 heavy (non-hydrogen) atoms. The minimum absolute atomic E-state index is 0.0345. The smallest absolute Gasteiger partial charge is 0.127 e. The van der Waals surface area contributed by atoms with Gasteiger partial charge in [-0.2, -0.15) is 0 Å². The summed E-state index contributed by atoms with van der Waals surface area (Å²) in [7, 11) is 0. The highest BCUT2D eigenvalue weighted by atomic mass is 35.5. The zero-order chi connectivity index (χ0) is 16.8. The molecule has 1 aliphatic rings. The van der Waals surface area contributed by atoms with Gasteiger partial charge in [0.1, 0.15) is 11.9 Å². The quantitative estimate of drug-likeness (QED) is 0.624. The molecule has 1 aliphatic carbocycles. The summed E-state index contributed by atoms with van der Waals surface area (Å²) in [5, 5.41) is 0.704. The minimum atomic E-state index is 0.0345. The molecule has 0 bridgehead atoms. The van der Waals surface area contributed by atoms with E-state index in [1.54, 1.807) is 0 Å². The molecule has 0 heterocycles. The highest BCUT2D eigenvalue weighted by molar-refractivity contribution is 6.30. The molecule has 3 rings (SSSR count). The van der Waals surface area contributed by atoms with Gasteiger partial charge in [0.15, 0.2) is 0 Å². The fourth-order valence-electron chi connectivity index (χ4n) is 3.46. The van der Waals surface area contributed by atoms with E-state index >= 15 is 0 Å². The first kappa shape index (κ1) is 17.3. The first-order chi connectivity index (χ1) is 11.7. The van der Waals surface area contributed by atoms with Crippen LogP contribution in [0.1, 0.15) is 38.2 Å². The van der Waals surface area contributed by atoms with Crippen molar-refractivity contribution < 1.29 is 9.47 Å². The molecular weight excluding hydrogens is 320 g/mol. The molecule has 0 aliphatic heterocycles. The van der Waals surface area contributed by atoms with Crippen molar-refractivity contribution in [2.45, 2.75) is 51.4 Å². The van der Waals surface area contributed by atoms with Crippen LogP contribution in [0.15, 0.2) is 54.6 Å². The van der Waals surface area contributed by atoms with Gasteiger partial charge in [0, 0.05) is 5.02 Å². The number of hydrogen-bond donors (Lipinski definition) is 0. The first-order valence-electron chi connectivity index (χ1n) is 8.80. The van der Waals surface area contributed by atoms with Gasteiger partial charge in [-0.3, -0.25) is 0 Å². The lowest BCUT2D eigenvalue weighted by Gasteiger charge is -2.30. The average Bonchev–Trinajstić information content (AvgIpc) is 3.13. The Kier molecular flexibility index (Phi) is 6.17. The lowest BCUT2D eigenvalue weighted by Crippen LogP contribution is -2.37. The minimum Gasteiger partial charge on any atom is -0.487 e. The summed E-state index contributed by atoms with van der Waals surface area (Å²) in [6, 6.07) is 17.9. The second-order valence-electron chi connectivity index (χ2n) is 6.59. The second kappa shape index (κ2) is 8.55. The maximum Gasteiger partial charge on any atom is 0.127 e. The highest BCUT2D eigenvalue weighted by Gasteiger charge is 2.31. The monoisotopic (exact) mass is 344 g/mol. The summed E-state index contributed by atoms with van der Waals surface area (Å²) in [5.74, 6) is 1.38. The second-order valence-corrected chi connectivity index (χ2v) is 7.02. The Balaban J connectivity index is 1.66. The average molecular weight is 345 g/mol. The van der Waals surface area contributed by atoms with Crippen molar-refractivity contribution in [2.75, 3.05) is 0 Å². The SMILES string of the molecule is C[C@H](OCc1ccccc1)C(Oc1cccc(Cl)c1)C1CCCC1. The van der Waals surface area contributed by atoms with Crippen LogP contribution in [0, 0.1) is 5.92 Å². The third-order valence-electron chi connectivity index (χ3n) is 4.75. The largest absolute Gasteiger partial charge is 0.487 e. The van der Waals surface area contributed by atoms with Gasteiger partial charge in [0.2, 0.25) is 0 Å². The number of ether oxygens (including phenoxy) is 2. The molecule has 1 fully saturated rings. The molecule has 2 aromatic rings. The van der Waals surface area contributed by atoms with E-state index in [0.717, 1.165) is 5.75 Å². The van der Waals surface area contributed by atoms with E-state index in [4.69, 9.17) is 21.1 Å². The van der Waals surface area contributed by atoms with Gasteiger partial charge >= 0.3 is 0 Å². The molecule has 0 aromatic heterocycles. The molecular formula is C21H25ClO2. The maximum atomic E-state index is 6.32. The summed E-state index contributed by atoms with van der Waals surface area (Å²) in [4.78, 5) is 0. The lowest BCUT2D eigenvalue weighted by molar-refractivity contribution is -0.0461. The number of halogens is 1.